The molecule has 1 aliphatic heterocycles. The number of carbonyl (C=O) groups excluding carboxylic acids is 3. The number of esters is 1. The Balaban J connectivity index is 1.94. The number of methoxy groups -OCH3 is 2. The first-order valence-electron chi connectivity index (χ1n) is 8.09. The third-order valence-corrected chi connectivity index (χ3v) is 5.00. The number of carbonyl (C=O) groups is 3. The molecule has 0 aliphatic carbocycles. The van der Waals surface area contributed by atoms with Gasteiger partial charge in [-0.1, -0.05) is 0 Å². The van der Waals surface area contributed by atoms with Crippen LogP contribution >= 0.6 is 11.8 Å². The summed E-state index contributed by atoms with van der Waals surface area (Å²) in [5, 5.41) is 4.76. The zero-order valence-electron chi connectivity index (χ0n) is 14.9. The standard InChI is InChI=1S/C17H22N2O6S/c1-4-25-17(22)12-9-26-14(16(21)19-12)8-15(20)18-11-7-10(23-2)5-6-13(11)24-3/h5-7,12,14H,4,8-9H2,1-3H3,(H,18,20)(H,19,21)/t12-,14+/m0/s1. The second-order valence-corrected chi connectivity index (χ2v) is 6.69. The first-order valence-corrected chi connectivity index (χ1v) is 9.13. The van der Waals surface area contributed by atoms with Crippen LogP contribution in [-0.4, -0.2) is 55.7 Å². The average molecular weight is 382 g/mol. The quantitative estimate of drug-likeness (QED) is 0.683. The van der Waals surface area contributed by atoms with E-state index in [0.29, 0.717) is 22.9 Å². The fraction of sp³-hybridized carbons (Fsp3) is 0.471. The van der Waals surface area contributed by atoms with Crippen molar-refractivity contribution in [1.82, 2.24) is 5.32 Å². The zero-order valence-corrected chi connectivity index (χ0v) is 15.7. The maximum Gasteiger partial charge on any atom is 0.329 e. The minimum absolute atomic E-state index is 0.0214. The van der Waals surface area contributed by atoms with Gasteiger partial charge in [0, 0.05) is 18.2 Å². The second-order valence-electron chi connectivity index (χ2n) is 5.45. The van der Waals surface area contributed by atoms with Gasteiger partial charge in [-0.25, -0.2) is 4.79 Å². The summed E-state index contributed by atoms with van der Waals surface area (Å²) >= 11 is 1.26. The molecule has 1 heterocycles. The van der Waals surface area contributed by atoms with E-state index in [1.807, 2.05) is 0 Å². The number of anilines is 1. The first-order chi connectivity index (χ1) is 12.5. The van der Waals surface area contributed by atoms with E-state index in [-0.39, 0.29) is 24.8 Å². The Hall–Kier alpha value is -2.42. The van der Waals surface area contributed by atoms with Crippen molar-refractivity contribution in [1.29, 1.82) is 0 Å². The Bertz CT molecular complexity index is 681. The smallest absolute Gasteiger partial charge is 0.329 e. The highest BCUT2D eigenvalue weighted by Gasteiger charge is 2.34. The monoisotopic (exact) mass is 382 g/mol. The molecule has 8 nitrogen and oxygen atoms in total. The fourth-order valence-electron chi connectivity index (χ4n) is 2.40. The number of ether oxygens (including phenoxy) is 3. The van der Waals surface area contributed by atoms with Crippen LogP contribution in [0.3, 0.4) is 0 Å². The largest absolute Gasteiger partial charge is 0.497 e. The van der Waals surface area contributed by atoms with Crippen LogP contribution in [0.5, 0.6) is 11.5 Å². The SMILES string of the molecule is CCOC(=O)[C@@H]1CS[C@H](CC(=O)Nc2cc(OC)ccc2OC)C(=O)N1. The van der Waals surface area contributed by atoms with Gasteiger partial charge in [-0.15, -0.1) is 11.8 Å². The number of hydrogen-bond donors (Lipinski definition) is 2. The number of benzene rings is 1. The molecule has 1 aromatic carbocycles. The summed E-state index contributed by atoms with van der Waals surface area (Å²) in [5.74, 6) is 0.277. The van der Waals surface area contributed by atoms with Gasteiger partial charge >= 0.3 is 5.97 Å². The molecule has 2 rings (SSSR count). The summed E-state index contributed by atoms with van der Waals surface area (Å²) in [5.41, 5.74) is 0.461. The minimum Gasteiger partial charge on any atom is -0.497 e. The number of hydrogen-bond acceptors (Lipinski definition) is 7. The van der Waals surface area contributed by atoms with E-state index >= 15 is 0 Å². The van der Waals surface area contributed by atoms with Crippen LogP contribution < -0.4 is 20.1 Å². The zero-order chi connectivity index (χ0) is 19.1. The predicted octanol–water partition coefficient (Wildman–Crippen LogP) is 1.20. The Labute approximate surface area is 155 Å². The first kappa shape index (κ1) is 19.9. The van der Waals surface area contributed by atoms with E-state index in [4.69, 9.17) is 14.2 Å². The van der Waals surface area contributed by atoms with E-state index in [1.54, 1.807) is 25.1 Å². The van der Waals surface area contributed by atoms with Crippen molar-refractivity contribution in [2.45, 2.75) is 24.6 Å². The molecule has 0 bridgehead atoms. The lowest BCUT2D eigenvalue weighted by Gasteiger charge is -2.27. The van der Waals surface area contributed by atoms with Gasteiger partial charge in [0.15, 0.2) is 0 Å². The molecule has 2 N–H and O–H groups in total. The molecule has 0 saturated carbocycles. The molecule has 2 atom stereocenters. The molecule has 9 heteroatoms. The molecular weight excluding hydrogens is 360 g/mol. The molecule has 1 aliphatic rings. The summed E-state index contributed by atoms with van der Waals surface area (Å²) in [6.45, 7) is 1.96. The topological polar surface area (TPSA) is 103 Å². The lowest BCUT2D eigenvalue weighted by Crippen LogP contribution is -2.51. The Morgan fingerprint density at radius 2 is 2.08 bits per heavy atom. The van der Waals surface area contributed by atoms with Crippen molar-refractivity contribution in [3.8, 4) is 11.5 Å². The normalized spacial score (nSPS) is 19.3. The molecule has 1 fully saturated rings. The van der Waals surface area contributed by atoms with Crippen LogP contribution in [0.25, 0.3) is 0 Å². The molecule has 0 unspecified atom stereocenters. The summed E-state index contributed by atoms with van der Waals surface area (Å²) < 4.78 is 15.3. The van der Waals surface area contributed by atoms with Crippen molar-refractivity contribution in [2.75, 3.05) is 31.9 Å². The minimum atomic E-state index is -0.676. The molecular formula is C17H22N2O6S. The van der Waals surface area contributed by atoms with Crippen LogP contribution in [0.15, 0.2) is 18.2 Å². The second kappa shape index (κ2) is 9.33. The lowest BCUT2D eigenvalue weighted by molar-refractivity contribution is -0.146. The molecule has 1 aromatic rings. The summed E-state index contributed by atoms with van der Waals surface area (Å²) in [6, 6.07) is 4.36. The van der Waals surface area contributed by atoms with Crippen LogP contribution in [0, 0.1) is 0 Å². The summed E-state index contributed by atoms with van der Waals surface area (Å²) in [4.78, 5) is 36.2. The van der Waals surface area contributed by atoms with Crippen LogP contribution in [0.1, 0.15) is 13.3 Å². The van der Waals surface area contributed by atoms with Crippen molar-refractivity contribution in [2.24, 2.45) is 0 Å². The molecule has 0 radical (unpaired) electrons. The van der Waals surface area contributed by atoms with Crippen molar-refractivity contribution in [3.05, 3.63) is 18.2 Å². The number of amides is 2. The fourth-order valence-corrected chi connectivity index (χ4v) is 3.53. The van der Waals surface area contributed by atoms with Crippen molar-refractivity contribution < 1.29 is 28.6 Å². The highest BCUT2D eigenvalue weighted by molar-refractivity contribution is 8.00. The van der Waals surface area contributed by atoms with Gasteiger partial charge < -0.3 is 24.8 Å². The molecule has 0 aromatic heterocycles. The van der Waals surface area contributed by atoms with Crippen molar-refractivity contribution >= 4 is 35.2 Å². The lowest BCUT2D eigenvalue weighted by atomic mass is 10.2. The van der Waals surface area contributed by atoms with Crippen LogP contribution in [-0.2, 0) is 19.1 Å². The van der Waals surface area contributed by atoms with Crippen LogP contribution in [0.4, 0.5) is 5.69 Å². The molecule has 1 saturated heterocycles. The Morgan fingerprint density at radius 3 is 2.69 bits per heavy atom. The number of rotatable bonds is 7. The van der Waals surface area contributed by atoms with Gasteiger partial charge in [0.1, 0.15) is 17.5 Å². The van der Waals surface area contributed by atoms with Crippen molar-refractivity contribution in [3.63, 3.8) is 0 Å². The third kappa shape index (κ3) is 5.04. The molecule has 142 valence electrons. The van der Waals surface area contributed by atoms with Gasteiger partial charge in [0.2, 0.25) is 11.8 Å². The summed E-state index contributed by atoms with van der Waals surface area (Å²) in [7, 11) is 3.02. The maximum atomic E-state index is 12.3. The molecule has 26 heavy (non-hydrogen) atoms. The van der Waals surface area contributed by atoms with E-state index in [0.717, 1.165) is 0 Å². The Morgan fingerprint density at radius 1 is 1.31 bits per heavy atom. The van der Waals surface area contributed by atoms with E-state index in [1.165, 1.54) is 26.0 Å². The van der Waals surface area contributed by atoms with Gasteiger partial charge in [-0.3, -0.25) is 9.59 Å². The highest BCUT2D eigenvalue weighted by Crippen LogP contribution is 2.29. The predicted molar refractivity (Wildman–Crippen MR) is 97.6 cm³/mol. The van der Waals surface area contributed by atoms with Gasteiger partial charge in [0.05, 0.1) is 31.8 Å². The van der Waals surface area contributed by atoms with Gasteiger partial charge in [-0.2, -0.15) is 0 Å². The number of thioether (sulfide) groups is 1. The van der Waals surface area contributed by atoms with Crippen LogP contribution in [0.2, 0.25) is 0 Å². The maximum absolute atomic E-state index is 12.3. The third-order valence-electron chi connectivity index (χ3n) is 3.70. The molecule has 2 amide bonds. The van der Waals surface area contributed by atoms with E-state index in [9.17, 15) is 14.4 Å². The average Bonchev–Trinajstić information content (AvgIpc) is 2.63. The van der Waals surface area contributed by atoms with E-state index < -0.39 is 17.3 Å². The van der Waals surface area contributed by atoms with E-state index in [2.05, 4.69) is 10.6 Å². The molecule has 0 spiro atoms. The van der Waals surface area contributed by atoms with Gasteiger partial charge in [-0.05, 0) is 19.1 Å². The number of nitrogens with one attached hydrogen (secondary N) is 2. The summed E-state index contributed by atoms with van der Waals surface area (Å²) in [6.07, 6.45) is -0.0214. The highest BCUT2D eigenvalue weighted by atomic mass is 32.2. The Kier molecular flexibility index (Phi) is 7.14. The van der Waals surface area contributed by atoms with Gasteiger partial charge in [0.25, 0.3) is 0 Å².